The van der Waals surface area contributed by atoms with E-state index in [9.17, 15) is 0 Å². The highest BCUT2D eigenvalue weighted by Gasteiger charge is 2.06. The molecule has 0 amide bonds. The zero-order valence-corrected chi connectivity index (χ0v) is 10.3. The number of thiazole rings is 1. The maximum atomic E-state index is 4.42. The molecule has 0 spiro atoms. The highest BCUT2D eigenvalue weighted by Crippen LogP contribution is 2.33. The van der Waals surface area contributed by atoms with Gasteiger partial charge in [-0.2, -0.15) is 0 Å². The normalized spacial score (nSPS) is 10.9. The van der Waals surface area contributed by atoms with Crippen molar-refractivity contribution in [2.45, 2.75) is 6.92 Å². The minimum atomic E-state index is 1.05. The van der Waals surface area contributed by atoms with Crippen molar-refractivity contribution in [3.63, 3.8) is 0 Å². The predicted octanol–water partition coefficient (Wildman–Crippen LogP) is 4.13. The molecule has 0 bridgehead atoms. The minimum absolute atomic E-state index is 1.05. The lowest BCUT2D eigenvalue weighted by Crippen LogP contribution is -1.72. The largest absolute Gasteiger partial charge is 0.240 e. The molecule has 1 aromatic carbocycles. The van der Waals surface area contributed by atoms with Crippen molar-refractivity contribution >= 4 is 53.4 Å². The topological polar surface area (TPSA) is 12.9 Å². The van der Waals surface area contributed by atoms with E-state index >= 15 is 0 Å². The van der Waals surface area contributed by atoms with E-state index in [0.29, 0.717) is 0 Å². The van der Waals surface area contributed by atoms with Crippen LogP contribution < -0.4 is 0 Å². The van der Waals surface area contributed by atoms with E-state index in [0.717, 1.165) is 19.5 Å². The quantitative estimate of drug-likeness (QED) is 0.713. The number of aromatic nitrogens is 1. The molecule has 0 aliphatic carbocycles. The molecule has 1 heterocycles. The SMILES string of the molecule is Cc1nc2c(Br)ccc(Br)c2s1. The van der Waals surface area contributed by atoms with Gasteiger partial charge in [0.25, 0.3) is 0 Å². The molecule has 0 N–H and O–H groups in total. The second kappa shape index (κ2) is 3.09. The molecule has 0 saturated carbocycles. The fraction of sp³-hybridized carbons (Fsp3) is 0.125. The van der Waals surface area contributed by atoms with Crippen LogP contribution in [0.4, 0.5) is 0 Å². The second-order valence-electron chi connectivity index (χ2n) is 2.44. The summed E-state index contributed by atoms with van der Waals surface area (Å²) in [4.78, 5) is 4.42. The first-order chi connectivity index (χ1) is 5.68. The summed E-state index contributed by atoms with van der Waals surface area (Å²) in [5.74, 6) is 0. The van der Waals surface area contributed by atoms with Crippen LogP contribution in [-0.4, -0.2) is 4.98 Å². The van der Waals surface area contributed by atoms with E-state index in [1.165, 1.54) is 4.70 Å². The Morgan fingerprint density at radius 1 is 1.25 bits per heavy atom. The highest BCUT2D eigenvalue weighted by atomic mass is 79.9. The molecule has 0 atom stereocenters. The van der Waals surface area contributed by atoms with Crippen LogP contribution in [0.2, 0.25) is 0 Å². The van der Waals surface area contributed by atoms with Crippen LogP contribution in [0.3, 0.4) is 0 Å². The van der Waals surface area contributed by atoms with E-state index < -0.39 is 0 Å². The summed E-state index contributed by atoms with van der Waals surface area (Å²) < 4.78 is 3.39. The van der Waals surface area contributed by atoms with Crippen LogP contribution in [0, 0.1) is 6.92 Å². The van der Waals surface area contributed by atoms with Gasteiger partial charge in [-0.1, -0.05) is 0 Å². The summed E-state index contributed by atoms with van der Waals surface area (Å²) in [5.41, 5.74) is 1.05. The molecule has 4 heteroatoms. The molecule has 2 aromatic rings. The summed E-state index contributed by atoms with van der Waals surface area (Å²) in [6, 6.07) is 4.04. The lowest BCUT2D eigenvalue weighted by molar-refractivity contribution is 1.34. The Labute approximate surface area is 91.1 Å². The smallest absolute Gasteiger partial charge is 0.0968 e. The first kappa shape index (κ1) is 8.66. The van der Waals surface area contributed by atoms with Crippen molar-refractivity contribution in [2.24, 2.45) is 0 Å². The summed E-state index contributed by atoms with van der Waals surface area (Å²) in [7, 11) is 0. The standard InChI is InChI=1S/C8H5Br2NS/c1-4-11-7-5(9)2-3-6(10)8(7)12-4/h2-3H,1H3. The fourth-order valence-corrected chi connectivity index (χ4v) is 3.01. The average Bonchev–Trinajstić information content (AvgIpc) is 2.41. The molecule has 0 radical (unpaired) electrons. The third kappa shape index (κ3) is 1.32. The number of hydrogen-bond donors (Lipinski definition) is 0. The van der Waals surface area contributed by atoms with Crippen molar-refractivity contribution in [3.05, 3.63) is 26.1 Å². The number of aryl methyl sites for hydroxylation is 1. The molecule has 0 unspecified atom stereocenters. The van der Waals surface area contributed by atoms with Gasteiger partial charge in [0.1, 0.15) is 0 Å². The number of benzene rings is 1. The van der Waals surface area contributed by atoms with E-state index in [-0.39, 0.29) is 0 Å². The van der Waals surface area contributed by atoms with Crippen LogP contribution in [0.15, 0.2) is 21.1 Å². The Balaban J connectivity index is 2.93. The Kier molecular flexibility index (Phi) is 2.23. The Morgan fingerprint density at radius 2 is 1.92 bits per heavy atom. The Bertz CT molecular complexity index is 397. The molecule has 0 fully saturated rings. The Hall–Kier alpha value is 0.0700. The maximum Gasteiger partial charge on any atom is 0.0968 e. The molecule has 0 aliphatic rings. The summed E-state index contributed by atoms with van der Waals surface area (Å²) in [6.07, 6.45) is 0. The van der Waals surface area contributed by atoms with E-state index in [1.54, 1.807) is 11.3 Å². The van der Waals surface area contributed by atoms with Gasteiger partial charge in [-0.15, -0.1) is 11.3 Å². The number of hydrogen-bond acceptors (Lipinski definition) is 2. The highest BCUT2D eigenvalue weighted by molar-refractivity contribution is 9.11. The van der Waals surface area contributed by atoms with Crippen LogP contribution in [0.1, 0.15) is 5.01 Å². The van der Waals surface area contributed by atoms with Crippen molar-refractivity contribution in [2.75, 3.05) is 0 Å². The molecule has 0 saturated heterocycles. The average molecular weight is 307 g/mol. The third-order valence-electron chi connectivity index (χ3n) is 1.55. The monoisotopic (exact) mass is 305 g/mol. The number of halogens is 2. The summed E-state index contributed by atoms with van der Waals surface area (Å²) in [6.45, 7) is 2.02. The molecule has 0 aliphatic heterocycles. The van der Waals surface area contributed by atoms with Gasteiger partial charge < -0.3 is 0 Å². The van der Waals surface area contributed by atoms with Crippen LogP contribution in [0.5, 0.6) is 0 Å². The van der Waals surface area contributed by atoms with Crippen LogP contribution in [0.25, 0.3) is 10.2 Å². The van der Waals surface area contributed by atoms with Crippen LogP contribution >= 0.6 is 43.2 Å². The number of rotatable bonds is 0. The number of nitrogens with zero attached hydrogens (tertiary/aromatic N) is 1. The molecule has 12 heavy (non-hydrogen) atoms. The summed E-state index contributed by atoms with van der Waals surface area (Å²) in [5, 5.41) is 1.10. The van der Waals surface area contributed by atoms with Gasteiger partial charge in [0.15, 0.2) is 0 Å². The van der Waals surface area contributed by atoms with Gasteiger partial charge in [-0.05, 0) is 50.9 Å². The summed E-state index contributed by atoms with van der Waals surface area (Å²) >= 11 is 8.67. The third-order valence-corrected chi connectivity index (χ3v) is 4.12. The minimum Gasteiger partial charge on any atom is -0.240 e. The van der Waals surface area contributed by atoms with Gasteiger partial charge in [0.2, 0.25) is 0 Å². The lowest BCUT2D eigenvalue weighted by Gasteiger charge is -1.93. The molecule has 62 valence electrons. The molecule has 1 nitrogen and oxygen atoms in total. The maximum absolute atomic E-state index is 4.42. The zero-order valence-electron chi connectivity index (χ0n) is 6.27. The van der Waals surface area contributed by atoms with Crippen molar-refractivity contribution in [3.8, 4) is 0 Å². The molecule has 1 aromatic heterocycles. The number of fused-ring (bicyclic) bond motifs is 1. The lowest BCUT2D eigenvalue weighted by atomic mass is 10.3. The zero-order chi connectivity index (χ0) is 8.72. The van der Waals surface area contributed by atoms with Gasteiger partial charge in [-0.25, -0.2) is 4.98 Å². The van der Waals surface area contributed by atoms with E-state index in [4.69, 9.17) is 0 Å². The molecule has 2 rings (SSSR count). The predicted molar refractivity (Wildman–Crippen MR) is 59.8 cm³/mol. The fourth-order valence-electron chi connectivity index (χ4n) is 1.05. The van der Waals surface area contributed by atoms with Gasteiger partial charge >= 0.3 is 0 Å². The Morgan fingerprint density at radius 3 is 2.58 bits per heavy atom. The molecular weight excluding hydrogens is 302 g/mol. The first-order valence-corrected chi connectivity index (χ1v) is 5.80. The van der Waals surface area contributed by atoms with E-state index in [2.05, 4.69) is 36.8 Å². The van der Waals surface area contributed by atoms with Crippen molar-refractivity contribution in [1.82, 2.24) is 4.98 Å². The van der Waals surface area contributed by atoms with Gasteiger partial charge in [0, 0.05) is 8.95 Å². The second-order valence-corrected chi connectivity index (χ2v) is 5.35. The van der Waals surface area contributed by atoms with Gasteiger partial charge in [-0.3, -0.25) is 0 Å². The van der Waals surface area contributed by atoms with Gasteiger partial charge in [0.05, 0.1) is 15.2 Å². The van der Waals surface area contributed by atoms with Crippen molar-refractivity contribution in [1.29, 1.82) is 0 Å². The first-order valence-electron chi connectivity index (χ1n) is 3.39. The van der Waals surface area contributed by atoms with E-state index in [1.807, 2.05) is 19.1 Å². The molecular formula is C8H5Br2NS. The van der Waals surface area contributed by atoms with Crippen LogP contribution in [-0.2, 0) is 0 Å². The van der Waals surface area contributed by atoms with Crippen molar-refractivity contribution < 1.29 is 0 Å².